The molecule has 2 aromatic carbocycles. The Hall–Kier alpha value is -2.27. The van der Waals surface area contributed by atoms with Crippen molar-refractivity contribution in [1.82, 2.24) is 0 Å². The number of esters is 1. The van der Waals surface area contributed by atoms with E-state index in [1.807, 2.05) is 44.2 Å². The zero-order valence-electron chi connectivity index (χ0n) is 15.1. The van der Waals surface area contributed by atoms with Crippen molar-refractivity contribution in [1.29, 1.82) is 0 Å². The molecule has 1 aromatic heterocycles. The monoisotopic (exact) mass is 416 g/mol. The van der Waals surface area contributed by atoms with Gasteiger partial charge in [0.05, 0.1) is 23.8 Å². The van der Waals surface area contributed by atoms with E-state index in [-0.39, 0.29) is 12.4 Å². The molecular formula is C21H21BrO4. The average Bonchev–Trinajstić information content (AvgIpc) is 3.07. The van der Waals surface area contributed by atoms with E-state index >= 15 is 0 Å². The molecule has 0 aliphatic heterocycles. The van der Waals surface area contributed by atoms with Crippen molar-refractivity contribution in [3.05, 3.63) is 63.3 Å². The molecule has 0 amide bonds. The number of benzene rings is 2. The fourth-order valence-electron chi connectivity index (χ4n) is 2.89. The first kappa shape index (κ1) is 18.5. The molecule has 3 aromatic rings. The van der Waals surface area contributed by atoms with Crippen LogP contribution >= 0.6 is 15.9 Å². The van der Waals surface area contributed by atoms with E-state index in [1.165, 1.54) is 0 Å². The van der Waals surface area contributed by atoms with Gasteiger partial charge in [-0.2, -0.15) is 0 Å². The molecule has 0 aliphatic carbocycles. The zero-order chi connectivity index (χ0) is 18.7. The maximum Gasteiger partial charge on any atom is 0.310 e. The lowest BCUT2D eigenvalue weighted by atomic mass is 10.0. The smallest absolute Gasteiger partial charge is 0.310 e. The summed E-state index contributed by atoms with van der Waals surface area (Å²) in [5.41, 5.74) is 4.85. The Kier molecular flexibility index (Phi) is 5.67. The Morgan fingerprint density at radius 3 is 2.77 bits per heavy atom. The van der Waals surface area contributed by atoms with Gasteiger partial charge in [-0.1, -0.05) is 12.1 Å². The van der Waals surface area contributed by atoms with Crippen LogP contribution in [-0.2, 0) is 22.6 Å². The topological polar surface area (TPSA) is 48.7 Å². The number of fused-ring (bicyclic) bond motifs is 1. The third-order valence-corrected chi connectivity index (χ3v) is 4.94. The number of rotatable bonds is 6. The number of aryl methyl sites for hydroxylation is 1. The maximum atomic E-state index is 11.9. The molecule has 0 bridgehead atoms. The van der Waals surface area contributed by atoms with Gasteiger partial charge in [0.2, 0.25) is 0 Å². The second-order valence-corrected chi connectivity index (χ2v) is 7.04. The van der Waals surface area contributed by atoms with E-state index in [4.69, 9.17) is 13.9 Å². The van der Waals surface area contributed by atoms with Crippen molar-refractivity contribution in [3.63, 3.8) is 0 Å². The Bertz CT molecular complexity index is 943. The quantitative estimate of drug-likeness (QED) is 0.497. The van der Waals surface area contributed by atoms with Gasteiger partial charge in [-0.15, -0.1) is 0 Å². The highest BCUT2D eigenvalue weighted by atomic mass is 79.9. The summed E-state index contributed by atoms with van der Waals surface area (Å²) in [6, 6.07) is 9.89. The summed E-state index contributed by atoms with van der Waals surface area (Å²) in [7, 11) is 0. The highest BCUT2D eigenvalue weighted by Crippen LogP contribution is 2.30. The number of hydrogen-bond donors (Lipinski definition) is 0. The van der Waals surface area contributed by atoms with Gasteiger partial charge < -0.3 is 13.9 Å². The van der Waals surface area contributed by atoms with Gasteiger partial charge in [0, 0.05) is 10.9 Å². The molecule has 26 heavy (non-hydrogen) atoms. The first-order valence-corrected chi connectivity index (χ1v) is 9.32. The zero-order valence-corrected chi connectivity index (χ0v) is 16.7. The summed E-state index contributed by atoms with van der Waals surface area (Å²) >= 11 is 3.53. The van der Waals surface area contributed by atoms with Crippen LogP contribution in [0.2, 0.25) is 0 Å². The molecule has 1 heterocycles. The lowest BCUT2D eigenvalue weighted by Gasteiger charge is -2.16. The van der Waals surface area contributed by atoms with Crippen LogP contribution in [-0.4, -0.2) is 12.6 Å². The minimum Gasteiger partial charge on any atom is -0.488 e. The number of halogens is 1. The highest BCUT2D eigenvalue weighted by molar-refractivity contribution is 9.10. The van der Waals surface area contributed by atoms with E-state index in [9.17, 15) is 4.79 Å². The lowest BCUT2D eigenvalue weighted by Crippen LogP contribution is -2.10. The van der Waals surface area contributed by atoms with Gasteiger partial charge in [0.15, 0.2) is 0 Å². The molecule has 136 valence electrons. The van der Waals surface area contributed by atoms with E-state index in [1.54, 1.807) is 13.2 Å². The average molecular weight is 417 g/mol. The van der Waals surface area contributed by atoms with Crippen LogP contribution in [0.15, 0.2) is 45.5 Å². The number of hydrogen-bond acceptors (Lipinski definition) is 4. The summed E-state index contributed by atoms with van der Waals surface area (Å²) < 4.78 is 17.6. The van der Waals surface area contributed by atoms with Crippen LogP contribution < -0.4 is 4.74 Å². The van der Waals surface area contributed by atoms with Crippen LogP contribution in [0.5, 0.6) is 5.75 Å². The lowest BCUT2D eigenvalue weighted by molar-refractivity contribution is -0.142. The summed E-state index contributed by atoms with van der Waals surface area (Å²) in [4.78, 5) is 11.9. The number of ether oxygens (including phenoxy) is 2. The standard InChI is InChI=1S/C21H21BrO4/c1-4-24-19(23)11-16-6-5-13(2)14(3)20(16)26-12-15-9-17-7-8-25-21(17)18(22)10-15/h5-10H,4,11-12H2,1-3H3. The van der Waals surface area contributed by atoms with E-state index in [2.05, 4.69) is 15.9 Å². The minimum atomic E-state index is -0.247. The van der Waals surface area contributed by atoms with Crippen LogP contribution in [0.1, 0.15) is 29.2 Å². The third kappa shape index (κ3) is 3.93. The van der Waals surface area contributed by atoms with Gasteiger partial charge in [0.25, 0.3) is 0 Å². The van der Waals surface area contributed by atoms with Crippen LogP contribution in [0.25, 0.3) is 11.0 Å². The summed E-state index contributed by atoms with van der Waals surface area (Å²) in [6.45, 7) is 6.62. The molecule has 5 heteroatoms. The molecule has 0 N–H and O–H groups in total. The Balaban J connectivity index is 1.85. The Labute approximate surface area is 161 Å². The minimum absolute atomic E-state index is 0.203. The maximum absolute atomic E-state index is 11.9. The van der Waals surface area contributed by atoms with Crippen molar-refractivity contribution in [2.24, 2.45) is 0 Å². The van der Waals surface area contributed by atoms with E-state index in [0.29, 0.717) is 13.2 Å². The fourth-order valence-corrected chi connectivity index (χ4v) is 3.51. The SMILES string of the molecule is CCOC(=O)Cc1ccc(C)c(C)c1OCc1cc(Br)c2occc2c1. The molecule has 0 unspecified atom stereocenters. The van der Waals surface area contributed by atoms with Gasteiger partial charge in [0.1, 0.15) is 17.9 Å². The van der Waals surface area contributed by atoms with Crippen molar-refractivity contribution in [3.8, 4) is 5.75 Å². The second kappa shape index (κ2) is 7.96. The number of carbonyl (C=O) groups excluding carboxylic acids is 1. The van der Waals surface area contributed by atoms with E-state index < -0.39 is 0 Å². The van der Waals surface area contributed by atoms with Crippen molar-refractivity contribution >= 4 is 32.9 Å². The largest absolute Gasteiger partial charge is 0.488 e. The third-order valence-electron chi connectivity index (χ3n) is 4.35. The molecule has 3 rings (SSSR count). The molecule has 0 atom stereocenters. The first-order chi connectivity index (χ1) is 12.5. The van der Waals surface area contributed by atoms with Crippen LogP contribution in [0, 0.1) is 13.8 Å². The van der Waals surface area contributed by atoms with Gasteiger partial charge >= 0.3 is 5.97 Å². The van der Waals surface area contributed by atoms with Crippen LogP contribution in [0.3, 0.4) is 0 Å². The normalized spacial score (nSPS) is 10.9. The molecule has 0 radical (unpaired) electrons. The molecule has 4 nitrogen and oxygen atoms in total. The summed E-state index contributed by atoms with van der Waals surface area (Å²) in [5, 5.41) is 1.02. The number of carbonyl (C=O) groups is 1. The van der Waals surface area contributed by atoms with Crippen molar-refractivity contribution in [2.75, 3.05) is 6.61 Å². The van der Waals surface area contributed by atoms with Gasteiger partial charge in [-0.05, 0) is 71.6 Å². The predicted octanol–water partition coefficient (Wildman–Crippen LogP) is 5.50. The van der Waals surface area contributed by atoms with Gasteiger partial charge in [-0.25, -0.2) is 0 Å². The second-order valence-electron chi connectivity index (χ2n) is 6.18. The molecule has 0 fully saturated rings. The molecule has 0 aliphatic rings. The van der Waals surface area contributed by atoms with E-state index in [0.717, 1.165) is 43.4 Å². The predicted molar refractivity (Wildman–Crippen MR) is 104 cm³/mol. The fraction of sp³-hybridized carbons (Fsp3) is 0.286. The summed E-state index contributed by atoms with van der Waals surface area (Å²) in [6.07, 6.45) is 1.87. The Morgan fingerprint density at radius 2 is 2.00 bits per heavy atom. The van der Waals surface area contributed by atoms with Gasteiger partial charge in [-0.3, -0.25) is 4.79 Å². The summed E-state index contributed by atoms with van der Waals surface area (Å²) in [5.74, 6) is 0.504. The molecular weight excluding hydrogens is 396 g/mol. The first-order valence-electron chi connectivity index (χ1n) is 8.52. The number of furan rings is 1. The van der Waals surface area contributed by atoms with Crippen LogP contribution in [0.4, 0.5) is 0 Å². The molecule has 0 spiro atoms. The van der Waals surface area contributed by atoms with Crippen molar-refractivity contribution in [2.45, 2.75) is 33.8 Å². The highest BCUT2D eigenvalue weighted by Gasteiger charge is 2.14. The molecule has 0 saturated heterocycles. The Morgan fingerprint density at radius 1 is 1.19 bits per heavy atom. The van der Waals surface area contributed by atoms with Crippen molar-refractivity contribution < 1.29 is 18.7 Å². The molecule has 0 saturated carbocycles.